The van der Waals surface area contributed by atoms with Crippen LogP contribution in [0.15, 0.2) is 18.2 Å². The van der Waals surface area contributed by atoms with Crippen LogP contribution in [0.5, 0.6) is 0 Å². The van der Waals surface area contributed by atoms with Crippen LogP contribution in [0.25, 0.3) is 0 Å². The summed E-state index contributed by atoms with van der Waals surface area (Å²) in [5, 5.41) is 3.22. The second-order valence-electron chi connectivity index (χ2n) is 6.20. The quantitative estimate of drug-likeness (QED) is 0.913. The molecule has 2 aliphatic rings. The van der Waals surface area contributed by atoms with Crippen LogP contribution in [-0.4, -0.2) is 38.9 Å². The lowest BCUT2D eigenvalue weighted by molar-refractivity contribution is 0.0503. The number of nitrogens with one attached hydrogen (secondary N) is 1. The van der Waals surface area contributed by atoms with Gasteiger partial charge >= 0.3 is 0 Å². The molecule has 0 saturated carbocycles. The van der Waals surface area contributed by atoms with Crippen molar-refractivity contribution in [2.24, 2.45) is 0 Å². The van der Waals surface area contributed by atoms with Crippen molar-refractivity contribution < 1.29 is 4.74 Å². The van der Waals surface area contributed by atoms with Crippen molar-refractivity contribution in [3.05, 3.63) is 29.3 Å². The standard InChI is InChI=1S/C17H26N2O/c1-13-5-8-17-14(10-13)4-3-9-19(17)12-16-7-6-15(20-16)11-18-2/h5,8,10,15-16,18H,3-4,6-7,9,11-12H2,1-2H3. The van der Waals surface area contributed by atoms with Crippen LogP contribution in [0, 0.1) is 6.92 Å². The lowest BCUT2D eigenvalue weighted by atomic mass is 9.99. The molecule has 3 rings (SSSR count). The van der Waals surface area contributed by atoms with Gasteiger partial charge in [-0.05, 0) is 51.3 Å². The molecular formula is C17H26N2O. The molecule has 0 bridgehead atoms. The van der Waals surface area contributed by atoms with Gasteiger partial charge in [-0.25, -0.2) is 0 Å². The Labute approximate surface area is 122 Å². The summed E-state index contributed by atoms with van der Waals surface area (Å²) in [5.41, 5.74) is 4.32. The zero-order valence-electron chi connectivity index (χ0n) is 12.7. The Balaban J connectivity index is 1.65. The Hall–Kier alpha value is -1.06. The number of fused-ring (bicyclic) bond motifs is 1. The van der Waals surface area contributed by atoms with Gasteiger partial charge in [0.2, 0.25) is 0 Å². The summed E-state index contributed by atoms with van der Waals surface area (Å²) in [5.74, 6) is 0. The Kier molecular flexibility index (Phi) is 4.27. The molecular weight excluding hydrogens is 248 g/mol. The average Bonchev–Trinajstić information content (AvgIpc) is 2.86. The molecule has 0 amide bonds. The van der Waals surface area contributed by atoms with Crippen LogP contribution in [0.4, 0.5) is 5.69 Å². The number of aryl methyl sites for hydroxylation is 2. The Bertz CT molecular complexity index is 460. The van der Waals surface area contributed by atoms with Gasteiger partial charge in [-0.2, -0.15) is 0 Å². The molecule has 20 heavy (non-hydrogen) atoms. The van der Waals surface area contributed by atoms with Gasteiger partial charge in [0.1, 0.15) is 0 Å². The minimum Gasteiger partial charge on any atom is -0.372 e. The number of benzene rings is 1. The molecule has 0 aliphatic carbocycles. The normalized spacial score (nSPS) is 25.8. The second kappa shape index (κ2) is 6.15. The topological polar surface area (TPSA) is 24.5 Å². The molecule has 2 aliphatic heterocycles. The molecule has 3 heteroatoms. The van der Waals surface area contributed by atoms with Crippen molar-refractivity contribution in [1.29, 1.82) is 0 Å². The minimum atomic E-state index is 0.403. The monoisotopic (exact) mass is 274 g/mol. The van der Waals surface area contributed by atoms with E-state index in [2.05, 4.69) is 35.3 Å². The van der Waals surface area contributed by atoms with Crippen LogP contribution in [0.3, 0.4) is 0 Å². The first-order valence-electron chi connectivity index (χ1n) is 7.91. The third-order valence-electron chi connectivity index (χ3n) is 4.50. The van der Waals surface area contributed by atoms with Gasteiger partial charge in [-0.1, -0.05) is 17.7 Å². The highest BCUT2D eigenvalue weighted by Gasteiger charge is 2.28. The third kappa shape index (κ3) is 2.99. The molecule has 3 nitrogen and oxygen atoms in total. The molecule has 0 aromatic heterocycles. The van der Waals surface area contributed by atoms with Crippen molar-refractivity contribution in [3.63, 3.8) is 0 Å². The number of likely N-dealkylation sites (N-methyl/N-ethyl adjacent to an activating group) is 1. The Morgan fingerprint density at radius 2 is 2.15 bits per heavy atom. The highest BCUT2D eigenvalue weighted by molar-refractivity contribution is 5.56. The van der Waals surface area contributed by atoms with E-state index in [4.69, 9.17) is 4.74 Å². The predicted molar refractivity (Wildman–Crippen MR) is 83.5 cm³/mol. The van der Waals surface area contributed by atoms with Crippen molar-refractivity contribution in [2.75, 3.05) is 31.6 Å². The summed E-state index contributed by atoms with van der Waals surface area (Å²) in [6.45, 7) is 5.39. The summed E-state index contributed by atoms with van der Waals surface area (Å²) < 4.78 is 6.14. The fraction of sp³-hybridized carbons (Fsp3) is 0.647. The number of nitrogens with zero attached hydrogens (tertiary/aromatic N) is 1. The summed E-state index contributed by atoms with van der Waals surface area (Å²) in [6, 6.07) is 6.88. The first kappa shape index (κ1) is 13.9. The minimum absolute atomic E-state index is 0.403. The third-order valence-corrected chi connectivity index (χ3v) is 4.50. The maximum absolute atomic E-state index is 6.14. The summed E-state index contributed by atoms with van der Waals surface area (Å²) in [6.07, 6.45) is 5.70. The first-order chi connectivity index (χ1) is 9.76. The van der Waals surface area contributed by atoms with Crippen LogP contribution in [0.2, 0.25) is 0 Å². The van der Waals surface area contributed by atoms with Crippen molar-refractivity contribution in [1.82, 2.24) is 5.32 Å². The van der Waals surface area contributed by atoms with E-state index in [1.807, 2.05) is 7.05 Å². The van der Waals surface area contributed by atoms with Crippen molar-refractivity contribution in [2.45, 2.75) is 44.8 Å². The lowest BCUT2D eigenvalue weighted by Gasteiger charge is -2.33. The van der Waals surface area contributed by atoms with Gasteiger partial charge in [0.25, 0.3) is 0 Å². The lowest BCUT2D eigenvalue weighted by Crippen LogP contribution is -2.37. The van der Waals surface area contributed by atoms with Crippen molar-refractivity contribution >= 4 is 5.69 Å². The molecule has 110 valence electrons. The maximum atomic E-state index is 6.14. The largest absolute Gasteiger partial charge is 0.372 e. The molecule has 1 aromatic rings. The summed E-state index contributed by atoms with van der Waals surface area (Å²) in [4.78, 5) is 2.53. The zero-order valence-corrected chi connectivity index (χ0v) is 12.7. The smallest absolute Gasteiger partial charge is 0.0755 e. The number of rotatable bonds is 4. The molecule has 2 atom stereocenters. The van der Waals surface area contributed by atoms with Crippen LogP contribution in [-0.2, 0) is 11.2 Å². The summed E-state index contributed by atoms with van der Waals surface area (Å²) >= 11 is 0. The van der Waals surface area contributed by atoms with E-state index in [-0.39, 0.29) is 0 Å². The fourth-order valence-electron chi connectivity index (χ4n) is 3.53. The highest BCUT2D eigenvalue weighted by atomic mass is 16.5. The van der Waals surface area contributed by atoms with Gasteiger partial charge in [-0.15, -0.1) is 0 Å². The molecule has 0 radical (unpaired) electrons. The summed E-state index contributed by atoms with van der Waals surface area (Å²) in [7, 11) is 2.00. The van der Waals surface area contributed by atoms with E-state index in [0.29, 0.717) is 12.2 Å². The number of hydrogen-bond donors (Lipinski definition) is 1. The van der Waals surface area contributed by atoms with Gasteiger partial charge < -0.3 is 15.0 Å². The molecule has 1 fully saturated rings. The van der Waals surface area contributed by atoms with E-state index >= 15 is 0 Å². The van der Waals surface area contributed by atoms with Crippen LogP contribution in [0.1, 0.15) is 30.4 Å². The van der Waals surface area contributed by atoms with E-state index in [0.717, 1.165) is 13.1 Å². The first-order valence-corrected chi connectivity index (χ1v) is 7.91. The SMILES string of the molecule is CNCC1CCC(CN2CCCc3cc(C)ccc32)O1. The highest BCUT2D eigenvalue weighted by Crippen LogP contribution is 2.30. The molecule has 0 spiro atoms. The second-order valence-corrected chi connectivity index (χ2v) is 6.20. The average molecular weight is 274 g/mol. The van der Waals surface area contributed by atoms with Gasteiger partial charge in [0, 0.05) is 25.3 Å². The predicted octanol–water partition coefficient (Wildman–Crippen LogP) is 2.51. The number of hydrogen-bond acceptors (Lipinski definition) is 3. The van der Waals surface area contributed by atoms with Crippen LogP contribution >= 0.6 is 0 Å². The molecule has 2 heterocycles. The molecule has 1 N–H and O–H groups in total. The fourth-order valence-corrected chi connectivity index (χ4v) is 3.53. The zero-order chi connectivity index (χ0) is 13.9. The Morgan fingerprint density at radius 3 is 3.00 bits per heavy atom. The Morgan fingerprint density at radius 1 is 1.30 bits per heavy atom. The van der Waals surface area contributed by atoms with E-state index in [1.165, 1.54) is 49.0 Å². The van der Waals surface area contributed by atoms with Crippen LogP contribution < -0.4 is 10.2 Å². The van der Waals surface area contributed by atoms with Gasteiger partial charge in [-0.3, -0.25) is 0 Å². The molecule has 2 unspecified atom stereocenters. The molecule has 1 saturated heterocycles. The van der Waals surface area contributed by atoms with E-state index in [9.17, 15) is 0 Å². The number of ether oxygens (including phenoxy) is 1. The molecule has 1 aromatic carbocycles. The van der Waals surface area contributed by atoms with E-state index in [1.54, 1.807) is 0 Å². The van der Waals surface area contributed by atoms with E-state index < -0.39 is 0 Å². The maximum Gasteiger partial charge on any atom is 0.0755 e. The number of anilines is 1. The van der Waals surface area contributed by atoms with Crippen molar-refractivity contribution in [3.8, 4) is 0 Å². The van der Waals surface area contributed by atoms with Gasteiger partial charge in [0.15, 0.2) is 0 Å². The van der Waals surface area contributed by atoms with Gasteiger partial charge in [0.05, 0.1) is 12.2 Å².